The molecule has 0 bridgehead atoms. The van der Waals surface area contributed by atoms with Crippen LogP contribution >= 0.6 is 38.6 Å². The minimum Gasteiger partial charge on any atom is -0.481 e. The number of halogens is 1. The third kappa shape index (κ3) is 2.75. The van der Waals surface area contributed by atoms with Gasteiger partial charge in [-0.3, -0.25) is 4.79 Å². The van der Waals surface area contributed by atoms with Crippen LogP contribution < -0.4 is 5.32 Å². The molecule has 0 aromatic carbocycles. The number of aromatic nitrogens is 1. The molecule has 3 rings (SSSR count). The zero-order valence-electron chi connectivity index (χ0n) is 10.6. The number of thiazole rings is 1. The van der Waals surface area contributed by atoms with E-state index in [0.717, 1.165) is 33.0 Å². The molecule has 1 atom stereocenters. The van der Waals surface area contributed by atoms with Crippen molar-refractivity contribution in [2.45, 2.75) is 31.7 Å². The molecule has 0 radical (unpaired) electrons. The molecular weight excluding hydrogens is 360 g/mol. The summed E-state index contributed by atoms with van der Waals surface area (Å²) in [5.74, 6) is -1.19. The molecule has 0 fully saturated rings. The summed E-state index contributed by atoms with van der Waals surface area (Å²) in [6, 6.07) is 2.02. The van der Waals surface area contributed by atoms with Gasteiger partial charge in [0.15, 0.2) is 5.13 Å². The Kier molecular flexibility index (Phi) is 4.09. The smallest absolute Gasteiger partial charge is 0.312 e. The SMILES string of the molecule is O=C(O)C1CCCc2sc(NCc3sccc3Br)nc21. The number of hydrogen-bond acceptors (Lipinski definition) is 5. The molecule has 2 N–H and O–H groups in total. The van der Waals surface area contributed by atoms with Gasteiger partial charge in [0.05, 0.1) is 12.2 Å². The van der Waals surface area contributed by atoms with Gasteiger partial charge >= 0.3 is 5.97 Å². The van der Waals surface area contributed by atoms with E-state index < -0.39 is 11.9 Å². The second kappa shape index (κ2) is 5.83. The summed E-state index contributed by atoms with van der Waals surface area (Å²) in [5.41, 5.74) is 0.765. The van der Waals surface area contributed by atoms with E-state index in [4.69, 9.17) is 0 Å². The molecule has 2 heterocycles. The van der Waals surface area contributed by atoms with Crippen LogP contribution in [0.1, 0.15) is 34.2 Å². The molecule has 7 heteroatoms. The van der Waals surface area contributed by atoms with Crippen LogP contribution in [0.2, 0.25) is 0 Å². The summed E-state index contributed by atoms with van der Waals surface area (Å²) in [6.07, 6.45) is 2.57. The number of carbonyl (C=O) groups is 1. The quantitative estimate of drug-likeness (QED) is 0.848. The normalized spacial score (nSPS) is 17.8. The van der Waals surface area contributed by atoms with E-state index in [1.807, 2.05) is 11.4 Å². The summed E-state index contributed by atoms with van der Waals surface area (Å²) < 4.78 is 1.10. The Hall–Kier alpha value is -0.920. The predicted octanol–water partition coefficient (Wildman–Crippen LogP) is 4.08. The zero-order chi connectivity index (χ0) is 14.1. The Labute approximate surface area is 133 Å². The highest BCUT2D eigenvalue weighted by Gasteiger charge is 2.29. The number of nitrogens with one attached hydrogen (secondary N) is 1. The van der Waals surface area contributed by atoms with E-state index in [1.165, 1.54) is 4.88 Å². The van der Waals surface area contributed by atoms with Crippen LogP contribution in [0.5, 0.6) is 0 Å². The van der Waals surface area contributed by atoms with E-state index in [-0.39, 0.29) is 0 Å². The van der Waals surface area contributed by atoms with Crippen molar-refractivity contribution >= 4 is 49.7 Å². The average Bonchev–Trinajstić information content (AvgIpc) is 3.01. The number of nitrogens with zero attached hydrogens (tertiary/aromatic N) is 1. The molecule has 2 aromatic heterocycles. The van der Waals surface area contributed by atoms with Crippen LogP contribution in [0.3, 0.4) is 0 Å². The third-order valence-electron chi connectivity index (χ3n) is 3.34. The fourth-order valence-corrected chi connectivity index (χ4v) is 4.83. The molecule has 1 aliphatic carbocycles. The van der Waals surface area contributed by atoms with Crippen molar-refractivity contribution in [3.05, 3.63) is 31.4 Å². The van der Waals surface area contributed by atoms with Gasteiger partial charge in [-0.15, -0.1) is 22.7 Å². The van der Waals surface area contributed by atoms with Crippen LogP contribution in [0.25, 0.3) is 0 Å². The number of hydrogen-bond donors (Lipinski definition) is 2. The first-order valence-electron chi connectivity index (χ1n) is 6.33. The number of fused-ring (bicyclic) bond motifs is 1. The van der Waals surface area contributed by atoms with Crippen molar-refractivity contribution in [1.29, 1.82) is 0 Å². The highest BCUT2D eigenvalue weighted by atomic mass is 79.9. The molecule has 4 nitrogen and oxygen atoms in total. The van der Waals surface area contributed by atoms with Gasteiger partial charge in [0.1, 0.15) is 5.92 Å². The van der Waals surface area contributed by atoms with Gasteiger partial charge < -0.3 is 10.4 Å². The van der Waals surface area contributed by atoms with E-state index in [0.29, 0.717) is 13.0 Å². The molecule has 2 aromatic rings. The standard InChI is InChI=1S/C13H13BrN2O2S2/c14-8-4-5-19-10(8)6-15-13-16-11-7(12(17)18)2-1-3-9(11)20-13/h4-5,7H,1-3,6H2,(H,15,16)(H,17,18). The summed E-state index contributed by atoms with van der Waals surface area (Å²) in [6.45, 7) is 0.711. The lowest BCUT2D eigenvalue weighted by Crippen LogP contribution is -2.17. The lowest BCUT2D eigenvalue weighted by Gasteiger charge is -2.16. The lowest BCUT2D eigenvalue weighted by molar-refractivity contribution is -0.139. The minimum absolute atomic E-state index is 0.431. The molecule has 0 aliphatic heterocycles. The Morgan fingerprint density at radius 1 is 1.60 bits per heavy atom. The first kappa shape index (κ1) is 14.0. The van der Waals surface area contributed by atoms with Crippen molar-refractivity contribution in [1.82, 2.24) is 4.98 Å². The maximum absolute atomic E-state index is 11.3. The molecular formula is C13H13BrN2O2S2. The molecule has 0 amide bonds. The number of carboxylic acid groups (broad SMARTS) is 1. The van der Waals surface area contributed by atoms with Crippen molar-refractivity contribution < 1.29 is 9.90 Å². The summed E-state index contributed by atoms with van der Waals surface area (Å²) in [4.78, 5) is 18.1. The van der Waals surface area contributed by atoms with Crippen LogP contribution in [-0.2, 0) is 17.8 Å². The first-order chi connectivity index (χ1) is 9.65. The average molecular weight is 373 g/mol. The van der Waals surface area contributed by atoms with Gasteiger partial charge in [0.2, 0.25) is 0 Å². The van der Waals surface area contributed by atoms with Crippen molar-refractivity contribution in [3.63, 3.8) is 0 Å². The second-order valence-electron chi connectivity index (χ2n) is 4.66. The molecule has 0 saturated heterocycles. The Morgan fingerprint density at radius 3 is 3.15 bits per heavy atom. The lowest BCUT2D eigenvalue weighted by atomic mass is 9.91. The van der Waals surface area contributed by atoms with Crippen LogP contribution in [0.4, 0.5) is 5.13 Å². The second-order valence-corrected chi connectivity index (χ2v) is 7.59. The highest BCUT2D eigenvalue weighted by Crippen LogP contribution is 2.37. The molecule has 20 heavy (non-hydrogen) atoms. The van der Waals surface area contributed by atoms with E-state index >= 15 is 0 Å². The van der Waals surface area contributed by atoms with Crippen LogP contribution in [-0.4, -0.2) is 16.1 Å². The van der Waals surface area contributed by atoms with Crippen molar-refractivity contribution in [3.8, 4) is 0 Å². The van der Waals surface area contributed by atoms with Crippen molar-refractivity contribution in [2.75, 3.05) is 5.32 Å². The third-order valence-corrected chi connectivity index (χ3v) is 6.36. The fraction of sp³-hybridized carbons (Fsp3) is 0.385. The number of aliphatic carboxylic acids is 1. The molecule has 0 saturated carbocycles. The van der Waals surface area contributed by atoms with Crippen LogP contribution in [0, 0.1) is 0 Å². The number of aryl methyl sites for hydroxylation is 1. The topological polar surface area (TPSA) is 62.2 Å². The molecule has 1 unspecified atom stereocenters. The van der Waals surface area contributed by atoms with Gasteiger partial charge in [-0.1, -0.05) is 0 Å². The largest absolute Gasteiger partial charge is 0.481 e. The number of rotatable bonds is 4. The predicted molar refractivity (Wildman–Crippen MR) is 84.8 cm³/mol. The van der Waals surface area contributed by atoms with E-state index in [9.17, 15) is 9.90 Å². The van der Waals surface area contributed by atoms with Crippen molar-refractivity contribution in [2.24, 2.45) is 0 Å². The van der Waals surface area contributed by atoms with Gasteiger partial charge in [0, 0.05) is 14.2 Å². The molecule has 0 spiro atoms. The Morgan fingerprint density at radius 2 is 2.45 bits per heavy atom. The first-order valence-corrected chi connectivity index (χ1v) is 8.82. The van der Waals surface area contributed by atoms with E-state index in [2.05, 4.69) is 26.2 Å². The summed E-state index contributed by atoms with van der Waals surface area (Å²) in [5, 5.41) is 15.4. The zero-order valence-corrected chi connectivity index (χ0v) is 13.8. The number of anilines is 1. The highest BCUT2D eigenvalue weighted by molar-refractivity contribution is 9.10. The summed E-state index contributed by atoms with van der Waals surface area (Å²) in [7, 11) is 0. The Balaban J connectivity index is 1.76. The summed E-state index contributed by atoms with van der Waals surface area (Å²) >= 11 is 6.77. The van der Waals surface area contributed by atoms with Gasteiger partial charge in [0.25, 0.3) is 0 Å². The van der Waals surface area contributed by atoms with Crippen LogP contribution in [0.15, 0.2) is 15.9 Å². The maximum atomic E-state index is 11.3. The minimum atomic E-state index is -0.760. The number of carboxylic acids is 1. The van der Waals surface area contributed by atoms with Gasteiger partial charge in [-0.25, -0.2) is 4.98 Å². The Bertz CT molecular complexity index is 638. The monoisotopic (exact) mass is 372 g/mol. The number of thiophene rings is 1. The van der Waals surface area contributed by atoms with Gasteiger partial charge in [-0.2, -0.15) is 0 Å². The molecule has 106 valence electrons. The van der Waals surface area contributed by atoms with Gasteiger partial charge in [-0.05, 0) is 46.6 Å². The maximum Gasteiger partial charge on any atom is 0.312 e. The fourth-order valence-electron chi connectivity index (χ4n) is 2.34. The molecule has 1 aliphatic rings. The van der Waals surface area contributed by atoms with E-state index in [1.54, 1.807) is 22.7 Å².